The van der Waals surface area contributed by atoms with Gasteiger partial charge in [-0.1, -0.05) is 30.3 Å². The van der Waals surface area contributed by atoms with E-state index in [4.69, 9.17) is 10.5 Å². The maximum atomic E-state index is 12.8. The molecule has 0 spiro atoms. The van der Waals surface area contributed by atoms with Gasteiger partial charge in [0.25, 0.3) is 5.56 Å². The molecule has 0 bridgehead atoms. The number of fused-ring (bicyclic) bond motifs is 2. The third-order valence-corrected chi connectivity index (χ3v) is 6.04. The van der Waals surface area contributed by atoms with Crippen LogP contribution in [-0.2, 0) is 19.5 Å². The molecule has 8 nitrogen and oxygen atoms in total. The maximum Gasteiger partial charge on any atom is 0.254 e. The van der Waals surface area contributed by atoms with E-state index in [1.54, 1.807) is 17.9 Å². The number of nitrogens with zero attached hydrogens (tertiary/aromatic N) is 4. The van der Waals surface area contributed by atoms with Crippen LogP contribution in [-0.4, -0.2) is 40.1 Å². The van der Waals surface area contributed by atoms with E-state index in [1.165, 1.54) is 17.2 Å². The van der Waals surface area contributed by atoms with Gasteiger partial charge in [0.05, 0.1) is 24.7 Å². The summed E-state index contributed by atoms with van der Waals surface area (Å²) in [5.74, 6) is 1.10. The minimum atomic E-state index is -0.206. The van der Waals surface area contributed by atoms with Gasteiger partial charge in [0.2, 0.25) is 5.95 Å². The molecule has 2 aromatic heterocycles. The zero-order chi connectivity index (χ0) is 22.9. The summed E-state index contributed by atoms with van der Waals surface area (Å²) in [5.41, 5.74) is 11.1. The highest BCUT2D eigenvalue weighted by molar-refractivity contribution is 5.87. The lowest BCUT2D eigenvalue weighted by Gasteiger charge is -2.26. The van der Waals surface area contributed by atoms with Gasteiger partial charge in [-0.05, 0) is 42.3 Å². The summed E-state index contributed by atoms with van der Waals surface area (Å²) in [6.45, 7) is 2.29. The second kappa shape index (κ2) is 8.55. The van der Waals surface area contributed by atoms with Crippen LogP contribution in [0, 0.1) is 0 Å². The Kier molecular flexibility index (Phi) is 5.43. The molecule has 0 saturated carbocycles. The van der Waals surface area contributed by atoms with Gasteiger partial charge in [-0.25, -0.2) is 4.98 Å². The standard InChI is InChI=1S/C25H26N6O2/c1-30-9-8-17-11-22(33-2)21(10-18(17)15-30)28-25-27-13-19-20(26)12-23(32)31(24(19)29-25)14-16-6-4-3-5-7-16/h3-7,10-13H,8-9,14-15,26H2,1-2H3,(H,27,28,29). The van der Waals surface area contributed by atoms with Crippen LogP contribution in [0.15, 0.2) is 59.5 Å². The molecule has 33 heavy (non-hydrogen) atoms. The molecule has 0 amide bonds. The molecular formula is C25H26N6O2. The summed E-state index contributed by atoms with van der Waals surface area (Å²) in [6, 6.07) is 15.4. The lowest BCUT2D eigenvalue weighted by Crippen LogP contribution is -2.26. The molecule has 8 heteroatoms. The van der Waals surface area contributed by atoms with Gasteiger partial charge in [-0.2, -0.15) is 4.98 Å². The van der Waals surface area contributed by atoms with Gasteiger partial charge >= 0.3 is 0 Å². The number of benzene rings is 2. The maximum absolute atomic E-state index is 12.8. The number of methoxy groups -OCH3 is 1. The van der Waals surface area contributed by atoms with E-state index in [9.17, 15) is 4.79 Å². The summed E-state index contributed by atoms with van der Waals surface area (Å²) in [4.78, 5) is 24.2. The SMILES string of the molecule is COc1cc2c(cc1Nc1ncc3c(N)cc(=O)n(Cc4ccccc4)c3n1)CN(C)CC2. The van der Waals surface area contributed by atoms with Crippen molar-refractivity contribution in [2.24, 2.45) is 0 Å². The van der Waals surface area contributed by atoms with Crippen LogP contribution in [0.2, 0.25) is 0 Å². The second-order valence-electron chi connectivity index (χ2n) is 8.37. The fourth-order valence-corrected chi connectivity index (χ4v) is 4.27. The van der Waals surface area contributed by atoms with Gasteiger partial charge in [-0.3, -0.25) is 9.36 Å². The van der Waals surface area contributed by atoms with Crippen LogP contribution in [0.1, 0.15) is 16.7 Å². The molecule has 0 aliphatic carbocycles. The first kappa shape index (κ1) is 21.0. The zero-order valence-electron chi connectivity index (χ0n) is 18.7. The smallest absolute Gasteiger partial charge is 0.254 e. The Balaban J connectivity index is 1.57. The van der Waals surface area contributed by atoms with Crippen LogP contribution >= 0.6 is 0 Å². The molecule has 1 aliphatic rings. The average Bonchev–Trinajstić information content (AvgIpc) is 2.82. The highest BCUT2D eigenvalue weighted by Gasteiger charge is 2.18. The Bertz CT molecular complexity index is 1380. The van der Waals surface area contributed by atoms with Gasteiger partial charge in [0.1, 0.15) is 5.75 Å². The van der Waals surface area contributed by atoms with Crippen molar-refractivity contribution in [1.82, 2.24) is 19.4 Å². The van der Waals surface area contributed by atoms with Crippen molar-refractivity contribution in [3.63, 3.8) is 0 Å². The van der Waals surface area contributed by atoms with Crippen molar-refractivity contribution in [1.29, 1.82) is 0 Å². The monoisotopic (exact) mass is 442 g/mol. The fourth-order valence-electron chi connectivity index (χ4n) is 4.27. The predicted octanol–water partition coefficient (Wildman–Crippen LogP) is 3.16. The molecular weight excluding hydrogens is 416 g/mol. The quantitative estimate of drug-likeness (QED) is 0.490. The van der Waals surface area contributed by atoms with Crippen LogP contribution in [0.5, 0.6) is 5.75 Å². The Morgan fingerprint density at radius 2 is 1.97 bits per heavy atom. The minimum absolute atomic E-state index is 0.206. The van der Waals surface area contributed by atoms with E-state index in [2.05, 4.69) is 39.4 Å². The van der Waals surface area contributed by atoms with E-state index in [-0.39, 0.29) is 5.56 Å². The van der Waals surface area contributed by atoms with Crippen LogP contribution in [0.25, 0.3) is 11.0 Å². The number of pyridine rings is 1. The number of hydrogen-bond donors (Lipinski definition) is 2. The summed E-state index contributed by atoms with van der Waals surface area (Å²) < 4.78 is 7.25. The lowest BCUT2D eigenvalue weighted by molar-refractivity contribution is 0.312. The van der Waals surface area contributed by atoms with Crippen molar-refractivity contribution in [2.45, 2.75) is 19.5 Å². The molecule has 0 radical (unpaired) electrons. The molecule has 0 saturated heterocycles. The van der Waals surface area contributed by atoms with E-state index >= 15 is 0 Å². The number of nitrogens with two attached hydrogens (primary N) is 1. The van der Waals surface area contributed by atoms with E-state index in [0.29, 0.717) is 29.2 Å². The fraction of sp³-hybridized carbons (Fsp3) is 0.240. The molecule has 0 fully saturated rings. The first-order valence-corrected chi connectivity index (χ1v) is 10.9. The predicted molar refractivity (Wildman–Crippen MR) is 130 cm³/mol. The first-order valence-electron chi connectivity index (χ1n) is 10.9. The highest BCUT2D eigenvalue weighted by atomic mass is 16.5. The van der Waals surface area contributed by atoms with Crippen LogP contribution in [0.4, 0.5) is 17.3 Å². The number of rotatable bonds is 5. The number of nitrogen functional groups attached to an aromatic ring is 1. The Labute approximate surface area is 191 Å². The van der Waals surface area contributed by atoms with Gasteiger partial charge < -0.3 is 20.7 Å². The lowest BCUT2D eigenvalue weighted by atomic mass is 9.99. The van der Waals surface area contributed by atoms with E-state index in [1.807, 2.05) is 30.3 Å². The van der Waals surface area contributed by atoms with Crippen molar-refractivity contribution < 1.29 is 4.74 Å². The third-order valence-electron chi connectivity index (χ3n) is 6.04. The van der Waals surface area contributed by atoms with Gasteiger partial charge in [-0.15, -0.1) is 0 Å². The first-order chi connectivity index (χ1) is 16.0. The van der Waals surface area contributed by atoms with E-state index < -0.39 is 0 Å². The highest BCUT2D eigenvalue weighted by Crippen LogP contribution is 2.33. The van der Waals surface area contributed by atoms with Crippen molar-refractivity contribution >= 4 is 28.4 Å². The molecule has 5 rings (SSSR count). The van der Waals surface area contributed by atoms with Gasteiger partial charge in [0, 0.05) is 31.0 Å². The molecule has 168 valence electrons. The molecule has 1 aliphatic heterocycles. The van der Waals surface area contributed by atoms with E-state index in [0.717, 1.165) is 36.5 Å². The molecule has 0 atom stereocenters. The average molecular weight is 443 g/mol. The van der Waals surface area contributed by atoms with Crippen molar-refractivity contribution in [2.75, 3.05) is 31.8 Å². The summed E-state index contributed by atoms with van der Waals surface area (Å²) in [6.07, 6.45) is 2.64. The van der Waals surface area contributed by atoms with Crippen molar-refractivity contribution in [3.05, 3.63) is 81.8 Å². The third kappa shape index (κ3) is 4.12. The second-order valence-corrected chi connectivity index (χ2v) is 8.37. The Hall–Kier alpha value is -3.91. The summed E-state index contributed by atoms with van der Waals surface area (Å²) in [5, 5.41) is 3.92. The molecule has 3 heterocycles. The number of likely N-dealkylation sites (N-methyl/N-ethyl adjacent to an activating group) is 1. The zero-order valence-corrected chi connectivity index (χ0v) is 18.7. The van der Waals surface area contributed by atoms with Crippen LogP contribution < -0.4 is 21.3 Å². The normalized spacial score (nSPS) is 13.6. The van der Waals surface area contributed by atoms with Crippen LogP contribution in [0.3, 0.4) is 0 Å². The Morgan fingerprint density at radius 3 is 2.76 bits per heavy atom. The summed E-state index contributed by atoms with van der Waals surface area (Å²) >= 11 is 0. The minimum Gasteiger partial charge on any atom is -0.495 e. The van der Waals surface area contributed by atoms with Gasteiger partial charge in [0.15, 0.2) is 5.65 Å². The molecule has 0 unspecified atom stereocenters. The number of ether oxygens (including phenoxy) is 1. The topological polar surface area (TPSA) is 98.3 Å². The number of aromatic nitrogens is 3. The number of hydrogen-bond acceptors (Lipinski definition) is 7. The summed E-state index contributed by atoms with van der Waals surface area (Å²) in [7, 11) is 3.77. The molecule has 2 aromatic carbocycles. The largest absolute Gasteiger partial charge is 0.495 e. The number of anilines is 3. The molecule has 4 aromatic rings. The Morgan fingerprint density at radius 1 is 1.15 bits per heavy atom. The number of nitrogens with one attached hydrogen (secondary N) is 1. The van der Waals surface area contributed by atoms with Crippen molar-refractivity contribution in [3.8, 4) is 5.75 Å². The molecule has 3 N–H and O–H groups in total.